The molecular weight excluding hydrogens is 192 g/mol. The summed E-state index contributed by atoms with van der Waals surface area (Å²) < 4.78 is 10.2. The van der Waals surface area contributed by atoms with Crippen molar-refractivity contribution in [1.82, 2.24) is 0 Å². The molecule has 0 unspecified atom stereocenters. The van der Waals surface area contributed by atoms with Gasteiger partial charge in [0.05, 0.1) is 14.2 Å². The number of hydrogen-bond acceptors (Lipinski definition) is 3. The smallest absolute Gasteiger partial charge is 0.200 e. The second-order valence-corrected chi connectivity index (χ2v) is 4.48. The van der Waals surface area contributed by atoms with E-state index in [0.717, 1.165) is 5.56 Å². The van der Waals surface area contributed by atoms with Crippen molar-refractivity contribution >= 4 is 0 Å². The third kappa shape index (κ3) is 2.35. The van der Waals surface area contributed by atoms with E-state index >= 15 is 0 Å². The van der Waals surface area contributed by atoms with Crippen molar-refractivity contribution in [2.75, 3.05) is 14.2 Å². The maximum atomic E-state index is 9.73. The molecule has 0 fully saturated rings. The summed E-state index contributed by atoms with van der Waals surface area (Å²) in [6, 6.07) is 3.66. The first-order chi connectivity index (χ1) is 6.90. The fourth-order valence-electron chi connectivity index (χ4n) is 1.33. The zero-order valence-electron chi connectivity index (χ0n) is 9.92. The predicted molar refractivity (Wildman–Crippen MR) is 59.9 cm³/mol. The van der Waals surface area contributed by atoms with Gasteiger partial charge in [0, 0.05) is 0 Å². The molecule has 0 aliphatic rings. The number of methoxy groups -OCH3 is 2. The van der Waals surface area contributed by atoms with Gasteiger partial charge in [0.2, 0.25) is 5.75 Å². The number of ether oxygens (including phenoxy) is 2. The minimum atomic E-state index is -0.00569. The molecule has 3 nitrogen and oxygen atoms in total. The summed E-state index contributed by atoms with van der Waals surface area (Å²) >= 11 is 0. The van der Waals surface area contributed by atoms with E-state index in [1.54, 1.807) is 0 Å². The van der Waals surface area contributed by atoms with Gasteiger partial charge in [-0.1, -0.05) is 20.8 Å². The van der Waals surface area contributed by atoms with Crippen LogP contribution in [0.1, 0.15) is 26.3 Å². The summed E-state index contributed by atoms with van der Waals surface area (Å²) in [6.07, 6.45) is 0. The molecule has 0 aliphatic heterocycles. The first-order valence-corrected chi connectivity index (χ1v) is 4.85. The Labute approximate surface area is 90.6 Å². The highest BCUT2D eigenvalue weighted by Crippen LogP contribution is 2.40. The highest BCUT2D eigenvalue weighted by molar-refractivity contribution is 5.54. The summed E-state index contributed by atoms with van der Waals surface area (Å²) in [7, 11) is 3.06. The van der Waals surface area contributed by atoms with Crippen LogP contribution >= 0.6 is 0 Å². The normalized spacial score (nSPS) is 11.3. The number of phenols is 1. The van der Waals surface area contributed by atoms with Crippen LogP contribution in [0.5, 0.6) is 17.2 Å². The van der Waals surface area contributed by atoms with Gasteiger partial charge in [0.25, 0.3) is 0 Å². The standard InChI is InChI=1S/C12H18O3/c1-12(2,3)8-6-9(14-4)11(13)10(7-8)15-5/h6-7,13H,1-5H3. The Morgan fingerprint density at radius 3 is 1.67 bits per heavy atom. The molecule has 0 bridgehead atoms. The molecule has 3 heteroatoms. The maximum absolute atomic E-state index is 9.73. The lowest BCUT2D eigenvalue weighted by Crippen LogP contribution is -2.11. The minimum Gasteiger partial charge on any atom is -0.502 e. The number of aromatic hydroxyl groups is 1. The zero-order chi connectivity index (χ0) is 11.6. The van der Waals surface area contributed by atoms with Crippen molar-refractivity contribution in [2.45, 2.75) is 26.2 Å². The Morgan fingerprint density at radius 2 is 1.40 bits per heavy atom. The number of hydrogen-bond donors (Lipinski definition) is 1. The van der Waals surface area contributed by atoms with Crippen LogP contribution in [0.2, 0.25) is 0 Å². The predicted octanol–water partition coefficient (Wildman–Crippen LogP) is 2.71. The lowest BCUT2D eigenvalue weighted by Gasteiger charge is -2.21. The first kappa shape index (κ1) is 11.7. The van der Waals surface area contributed by atoms with Gasteiger partial charge in [0.15, 0.2) is 11.5 Å². The molecule has 0 radical (unpaired) electrons. The fourth-order valence-corrected chi connectivity index (χ4v) is 1.33. The Balaban J connectivity index is 3.33. The van der Waals surface area contributed by atoms with Crippen LogP contribution in [-0.2, 0) is 5.41 Å². The Bertz CT molecular complexity index is 325. The van der Waals surface area contributed by atoms with Crippen molar-refractivity contribution < 1.29 is 14.6 Å². The molecule has 1 aromatic rings. The lowest BCUT2D eigenvalue weighted by molar-refractivity contribution is 0.337. The van der Waals surface area contributed by atoms with E-state index in [9.17, 15) is 5.11 Å². The van der Waals surface area contributed by atoms with E-state index < -0.39 is 0 Å². The topological polar surface area (TPSA) is 38.7 Å². The van der Waals surface area contributed by atoms with Gasteiger partial charge in [-0.2, -0.15) is 0 Å². The highest BCUT2D eigenvalue weighted by Gasteiger charge is 2.19. The molecule has 0 spiro atoms. The lowest BCUT2D eigenvalue weighted by atomic mass is 9.86. The molecule has 15 heavy (non-hydrogen) atoms. The van der Waals surface area contributed by atoms with Gasteiger partial charge in [-0.3, -0.25) is 0 Å². The molecule has 0 saturated carbocycles. The average molecular weight is 210 g/mol. The minimum absolute atomic E-state index is 0.00569. The molecule has 0 saturated heterocycles. The molecule has 0 aliphatic carbocycles. The van der Waals surface area contributed by atoms with Crippen LogP contribution in [-0.4, -0.2) is 19.3 Å². The molecule has 0 amide bonds. The molecule has 0 atom stereocenters. The summed E-state index contributed by atoms with van der Waals surface area (Å²) in [5, 5.41) is 9.73. The third-order valence-corrected chi connectivity index (χ3v) is 2.35. The molecule has 1 N–H and O–H groups in total. The number of phenolic OH excluding ortho intramolecular Hbond substituents is 1. The summed E-state index contributed by atoms with van der Waals surface area (Å²) in [5.74, 6) is 0.937. The second-order valence-electron chi connectivity index (χ2n) is 4.48. The zero-order valence-corrected chi connectivity index (χ0v) is 9.92. The van der Waals surface area contributed by atoms with E-state index in [-0.39, 0.29) is 11.2 Å². The van der Waals surface area contributed by atoms with E-state index in [2.05, 4.69) is 20.8 Å². The van der Waals surface area contributed by atoms with Crippen LogP contribution < -0.4 is 9.47 Å². The molecule has 0 aromatic heterocycles. The van der Waals surface area contributed by atoms with Crippen molar-refractivity contribution in [3.8, 4) is 17.2 Å². The fraction of sp³-hybridized carbons (Fsp3) is 0.500. The van der Waals surface area contributed by atoms with E-state index in [1.165, 1.54) is 14.2 Å². The first-order valence-electron chi connectivity index (χ1n) is 4.85. The monoisotopic (exact) mass is 210 g/mol. The van der Waals surface area contributed by atoms with Crippen LogP contribution in [0.4, 0.5) is 0 Å². The van der Waals surface area contributed by atoms with Crippen LogP contribution in [0.3, 0.4) is 0 Å². The Morgan fingerprint density at radius 1 is 1.00 bits per heavy atom. The quantitative estimate of drug-likeness (QED) is 0.815. The molecule has 1 rings (SSSR count). The van der Waals surface area contributed by atoms with E-state index in [1.807, 2.05) is 12.1 Å². The van der Waals surface area contributed by atoms with Gasteiger partial charge in [-0.05, 0) is 23.1 Å². The van der Waals surface area contributed by atoms with Crippen LogP contribution in [0.25, 0.3) is 0 Å². The largest absolute Gasteiger partial charge is 0.502 e. The van der Waals surface area contributed by atoms with E-state index in [4.69, 9.17) is 9.47 Å². The average Bonchev–Trinajstić information content (AvgIpc) is 2.16. The van der Waals surface area contributed by atoms with Gasteiger partial charge in [0.1, 0.15) is 0 Å². The summed E-state index contributed by atoms with van der Waals surface area (Å²) in [5.41, 5.74) is 1.06. The summed E-state index contributed by atoms with van der Waals surface area (Å²) in [6.45, 7) is 6.29. The van der Waals surface area contributed by atoms with Crippen LogP contribution in [0, 0.1) is 0 Å². The number of benzene rings is 1. The van der Waals surface area contributed by atoms with E-state index in [0.29, 0.717) is 11.5 Å². The van der Waals surface area contributed by atoms with Gasteiger partial charge in [-0.15, -0.1) is 0 Å². The molecule has 0 heterocycles. The van der Waals surface area contributed by atoms with Crippen LogP contribution in [0.15, 0.2) is 12.1 Å². The SMILES string of the molecule is COc1cc(C(C)(C)C)cc(OC)c1O. The van der Waals surface area contributed by atoms with Crippen molar-refractivity contribution in [3.05, 3.63) is 17.7 Å². The molecule has 84 valence electrons. The van der Waals surface area contributed by atoms with Crippen molar-refractivity contribution in [2.24, 2.45) is 0 Å². The number of rotatable bonds is 2. The second kappa shape index (κ2) is 4.01. The van der Waals surface area contributed by atoms with Gasteiger partial charge >= 0.3 is 0 Å². The van der Waals surface area contributed by atoms with Gasteiger partial charge in [-0.25, -0.2) is 0 Å². The van der Waals surface area contributed by atoms with Crippen molar-refractivity contribution in [1.29, 1.82) is 0 Å². The third-order valence-electron chi connectivity index (χ3n) is 2.35. The maximum Gasteiger partial charge on any atom is 0.200 e. The summed E-state index contributed by atoms with van der Waals surface area (Å²) in [4.78, 5) is 0. The highest BCUT2D eigenvalue weighted by atomic mass is 16.5. The molecule has 1 aromatic carbocycles. The Hall–Kier alpha value is -1.38. The molecular formula is C12H18O3. The van der Waals surface area contributed by atoms with Gasteiger partial charge < -0.3 is 14.6 Å². The Kier molecular flexibility index (Phi) is 3.12. The van der Waals surface area contributed by atoms with Crippen molar-refractivity contribution in [3.63, 3.8) is 0 Å².